The molecule has 1 aliphatic rings. The van der Waals surface area contributed by atoms with Crippen LogP contribution in [0.2, 0.25) is 0 Å². The molecule has 0 unspecified atom stereocenters. The molecule has 0 saturated carbocycles. The van der Waals surface area contributed by atoms with Gasteiger partial charge in [0, 0.05) is 15.4 Å². The summed E-state index contributed by atoms with van der Waals surface area (Å²) in [6, 6.07) is 16.8. The summed E-state index contributed by atoms with van der Waals surface area (Å²) >= 11 is 3.50. The lowest BCUT2D eigenvalue weighted by molar-refractivity contribution is 0.408. The Hall–Kier alpha value is -2.07. The fourth-order valence-electron chi connectivity index (χ4n) is 3.32. The summed E-state index contributed by atoms with van der Waals surface area (Å²) in [4.78, 5) is 4.74. The van der Waals surface area contributed by atoms with E-state index in [0.717, 1.165) is 39.8 Å². The highest BCUT2D eigenvalue weighted by Crippen LogP contribution is 2.39. The topological polar surface area (TPSA) is 34.1 Å². The fourth-order valence-corrected chi connectivity index (χ4v) is 3.70. The van der Waals surface area contributed by atoms with Gasteiger partial charge < -0.3 is 10.1 Å². The smallest absolute Gasteiger partial charge is 0.127 e. The Bertz CT molecular complexity index is 878. The second-order valence-electron chi connectivity index (χ2n) is 5.80. The molecule has 1 aliphatic carbocycles. The molecule has 116 valence electrons. The molecule has 1 atom stereocenters. The van der Waals surface area contributed by atoms with Gasteiger partial charge in [-0.15, -0.1) is 0 Å². The van der Waals surface area contributed by atoms with Crippen LogP contribution in [0.25, 0.3) is 10.9 Å². The van der Waals surface area contributed by atoms with E-state index >= 15 is 0 Å². The molecule has 0 fully saturated rings. The number of methoxy groups -OCH3 is 1. The molecule has 1 aromatic heterocycles. The van der Waals surface area contributed by atoms with Gasteiger partial charge in [0.1, 0.15) is 11.6 Å². The fraction of sp³-hybridized carbons (Fsp3) is 0.211. The number of fused-ring (bicyclic) bond motifs is 2. The molecule has 1 heterocycles. The van der Waals surface area contributed by atoms with Crippen LogP contribution in [0.3, 0.4) is 0 Å². The van der Waals surface area contributed by atoms with Gasteiger partial charge in [0.05, 0.1) is 18.7 Å². The van der Waals surface area contributed by atoms with Crippen molar-refractivity contribution >= 4 is 32.7 Å². The maximum atomic E-state index is 5.54. The van der Waals surface area contributed by atoms with Crippen LogP contribution in [-0.4, -0.2) is 12.1 Å². The summed E-state index contributed by atoms with van der Waals surface area (Å²) in [5.41, 5.74) is 3.63. The Morgan fingerprint density at radius 2 is 2.09 bits per heavy atom. The van der Waals surface area contributed by atoms with Crippen molar-refractivity contribution in [2.24, 2.45) is 0 Å². The number of rotatable bonds is 3. The van der Waals surface area contributed by atoms with E-state index in [9.17, 15) is 0 Å². The molecule has 0 spiro atoms. The van der Waals surface area contributed by atoms with Crippen LogP contribution in [0.5, 0.6) is 5.75 Å². The first-order chi connectivity index (χ1) is 11.2. The van der Waals surface area contributed by atoms with Crippen LogP contribution >= 0.6 is 15.9 Å². The van der Waals surface area contributed by atoms with Crippen molar-refractivity contribution in [3.8, 4) is 5.75 Å². The molecule has 0 radical (unpaired) electrons. The number of hydrogen-bond acceptors (Lipinski definition) is 3. The molecule has 4 rings (SSSR count). The zero-order chi connectivity index (χ0) is 15.8. The summed E-state index contributed by atoms with van der Waals surface area (Å²) < 4.78 is 6.61. The lowest BCUT2D eigenvalue weighted by Gasteiger charge is -2.17. The minimum absolute atomic E-state index is 0.251. The van der Waals surface area contributed by atoms with E-state index in [1.54, 1.807) is 7.11 Å². The van der Waals surface area contributed by atoms with Gasteiger partial charge >= 0.3 is 0 Å². The van der Waals surface area contributed by atoms with Crippen LogP contribution in [0.1, 0.15) is 23.6 Å². The number of aryl methyl sites for hydroxylation is 1. The van der Waals surface area contributed by atoms with Crippen molar-refractivity contribution in [2.45, 2.75) is 18.9 Å². The summed E-state index contributed by atoms with van der Waals surface area (Å²) in [5, 5.41) is 4.71. The Kier molecular flexibility index (Phi) is 3.69. The Morgan fingerprint density at radius 1 is 1.17 bits per heavy atom. The van der Waals surface area contributed by atoms with Crippen LogP contribution in [-0.2, 0) is 6.42 Å². The monoisotopic (exact) mass is 368 g/mol. The first kappa shape index (κ1) is 14.5. The Balaban J connectivity index is 1.67. The van der Waals surface area contributed by atoms with Crippen LogP contribution < -0.4 is 10.1 Å². The average molecular weight is 369 g/mol. The molecular weight excluding hydrogens is 352 g/mol. The SMILES string of the molecule is COc1cccc2c1[C@H](Nc1ccc3cc(Br)ccc3n1)CC2. The van der Waals surface area contributed by atoms with E-state index in [4.69, 9.17) is 9.72 Å². The molecule has 23 heavy (non-hydrogen) atoms. The predicted molar refractivity (Wildman–Crippen MR) is 97.1 cm³/mol. The quantitative estimate of drug-likeness (QED) is 0.697. The average Bonchev–Trinajstić information content (AvgIpc) is 2.98. The zero-order valence-electron chi connectivity index (χ0n) is 12.8. The number of pyridine rings is 1. The number of ether oxygens (including phenoxy) is 1. The number of hydrogen-bond donors (Lipinski definition) is 1. The van der Waals surface area contributed by atoms with Gasteiger partial charge in [-0.25, -0.2) is 4.98 Å². The highest BCUT2D eigenvalue weighted by atomic mass is 79.9. The molecule has 2 aromatic carbocycles. The third-order valence-corrected chi connectivity index (χ3v) is 4.89. The number of aromatic nitrogens is 1. The Labute approximate surface area is 143 Å². The van der Waals surface area contributed by atoms with E-state index in [1.165, 1.54) is 11.1 Å². The van der Waals surface area contributed by atoms with Gasteiger partial charge in [0.15, 0.2) is 0 Å². The van der Waals surface area contributed by atoms with E-state index < -0.39 is 0 Å². The van der Waals surface area contributed by atoms with E-state index in [2.05, 4.69) is 45.5 Å². The van der Waals surface area contributed by atoms with E-state index in [1.807, 2.05) is 24.3 Å². The van der Waals surface area contributed by atoms with Gasteiger partial charge in [0.2, 0.25) is 0 Å². The van der Waals surface area contributed by atoms with Crippen LogP contribution in [0.4, 0.5) is 5.82 Å². The third kappa shape index (κ3) is 2.68. The predicted octanol–water partition coefficient (Wildman–Crippen LogP) is 5.11. The number of halogens is 1. The van der Waals surface area contributed by atoms with Gasteiger partial charge in [0.25, 0.3) is 0 Å². The maximum Gasteiger partial charge on any atom is 0.127 e. The lowest BCUT2D eigenvalue weighted by Crippen LogP contribution is -2.09. The minimum atomic E-state index is 0.251. The maximum absolute atomic E-state index is 5.54. The zero-order valence-corrected chi connectivity index (χ0v) is 14.4. The molecule has 1 N–H and O–H groups in total. The summed E-state index contributed by atoms with van der Waals surface area (Å²) in [7, 11) is 1.73. The molecule has 0 aliphatic heterocycles. The number of anilines is 1. The molecule has 0 saturated heterocycles. The van der Waals surface area contributed by atoms with Gasteiger partial charge in [-0.2, -0.15) is 0 Å². The van der Waals surface area contributed by atoms with Crippen molar-refractivity contribution < 1.29 is 4.74 Å². The molecule has 3 aromatic rings. The normalized spacial score (nSPS) is 16.3. The van der Waals surface area contributed by atoms with E-state index in [-0.39, 0.29) is 6.04 Å². The van der Waals surface area contributed by atoms with Gasteiger partial charge in [-0.1, -0.05) is 28.1 Å². The van der Waals surface area contributed by atoms with Crippen molar-refractivity contribution in [1.82, 2.24) is 4.98 Å². The molecule has 0 bridgehead atoms. The van der Waals surface area contributed by atoms with Crippen molar-refractivity contribution in [2.75, 3.05) is 12.4 Å². The minimum Gasteiger partial charge on any atom is -0.496 e. The highest BCUT2D eigenvalue weighted by Gasteiger charge is 2.26. The number of nitrogens with one attached hydrogen (secondary N) is 1. The summed E-state index contributed by atoms with van der Waals surface area (Å²) in [5.74, 6) is 1.87. The summed E-state index contributed by atoms with van der Waals surface area (Å²) in [6.45, 7) is 0. The highest BCUT2D eigenvalue weighted by molar-refractivity contribution is 9.10. The first-order valence-electron chi connectivity index (χ1n) is 7.73. The lowest BCUT2D eigenvalue weighted by atomic mass is 10.1. The Morgan fingerprint density at radius 3 is 2.96 bits per heavy atom. The third-order valence-electron chi connectivity index (χ3n) is 4.40. The molecule has 0 amide bonds. The molecular formula is C19H17BrN2O. The number of nitrogens with zero attached hydrogens (tertiary/aromatic N) is 1. The second kappa shape index (κ2) is 5.85. The van der Waals surface area contributed by atoms with Crippen LogP contribution in [0.15, 0.2) is 53.0 Å². The van der Waals surface area contributed by atoms with Crippen molar-refractivity contribution in [3.05, 3.63) is 64.1 Å². The summed E-state index contributed by atoms with van der Waals surface area (Å²) in [6.07, 6.45) is 2.14. The first-order valence-corrected chi connectivity index (χ1v) is 8.52. The van der Waals surface area contributed by atoms with E-state index in [0.29, 0.717) is 0 Å². The van der Waals surface area contributed by atoms with Crippen molar-refractivity contribution in [3.63, 3.8) is 0 Å². The second-order valence-corrected chi connectivity index (χ2v) is 6.72. The largest absolute Gasteiger partial charge is 0.496 e. The standard InChI is InChI=1S/C19H17BrN2O/c1-23-17-4-2-3-12-5-8-16(19(12)17)22-18-10-6-13-11-14(20)7-9-15(13)21-18/h2-4,6-7,9-11,16H,5,8H2,1H3,(H,21,22)/t16-/m1/s1. The molecule has 4 heteroatoms. The molecule has 3 nitrogen and oxygen atoms in total. The van der Waals surface area contributed by atoms with Crippen molar-refractivity contribution in [1.29, 1.82) is 0 Å². The number of benzene rings is 2. The van der Waals surface area contributed by atoms with Gasteiger partial charge in [-0.05, 0) is 54.8 Å². The van der Waals surface area contributed by atoms with Gasteiger partial charge in [-0.3, -0.25) is 0 Å². The van der Waals surface area contributed by atoms with Crippen LogP contribution in [0, 0.1) is 0 Å².